The Hall–Kier alpha value is -2.24. The van der Waals surface area contributed by atoms with Crippen molar-refractivity contribution < 1.29 is 9.20 Å². The molecular weight excluding hydrogens is 256 g/mol. The SMILES string of the molecule is CCCCCC[n+]1noc(/N=N/[O-])c1-c1ccccc1. The molecule has 1 aromatic heterocycles. The van der Waals surface area contributed by atoms with E-state index in [1.54, 1.807) is 4.68 Å². The van der Waals surface area contributed by atoms with E-state index >= 15 is 0 Å². The van der Waals surface area contributed by atoms with Gasteiger partial charge in [0, 0.05) is 6.42 Å². The number of rotatable bonds is 7. The van der Waals surface area contributed by atoms with Gasteiger partial charge in [-0.25, -0.2) is 5.28 Å². The first-order chi connectivity index (χ1) is 9.86. The first-order valence-corrected chi connectivity index (χ1v) is 6.85. The summed E-state index contributed by atoms with van der Waals surface area (Å²) < 4.78 is 6.85. The second-order valence-corrected chi connectivity index (χ2v) is 4.56. The summed E-state index contributed by atoms with van der Waals surface area (Å²) in [4.78, 5) is 0. The smallest absolute Gasteiger partial charge is 0.347 e. The number of aryl methyl sites for hydroxylation is 1. The van der Waals surface area contributed by atoms with Crippen LogP contribution in [0.3, 0.4) is 0 Å². The molecule has 0 amide bonds. The van der Waals surface area contributed by atoms with Crippen LogP contribution >= 0.6 is 0 Å². The Kier molecular flexibility index (Phi) is 5.23. The highest BCUT2D eigenvalue weighted by Crippen LogP contribution is 2.26. The molecule has 0 spiro atoms. The molecule has 0 bridgehead atoms. The Labute approximate surface area is 117 Å². The van der Waals surface area contributed by atoms with Crippen LogP contribution in [0, 0.1) is 5.21 Å². The van der Waals surface area contributed by atoms with Crippen molar-refractivity contribution in [3.8, 4) is 11.3 Å². The highest BCUT2D eigenvalue weighted by atomic mass is 16.5. The highest BCUT2D eigenvalue weighted by molar-refractivity contribution is 5.64. The molecule has 106 valence electrons. The lowest BCUT2D eigenvalue weighted by molar-refractivity contribution is -0.753. The van der Waals surface area contributed by atoms with Gasteiger partial charge in [-0.15, -0.1) is 5.11 Å². The minimum atomic E-state index is 0.154. The number of hydrogen-bond acceptors (Lipinski definition) is 5. The van der Waals surface area contributed by atoms with Crippen molar-refractivity contribution in [1.29, 1.82) is 0 Å². The molecule has 2 rings (SSSR count). The molecule has 0 radical (unpaired) electrons. The number of benzene rings is 1. The quantitative estimate of drug-likeness (QED) is 0.333. The summed E-state index contributed by atoms with van der Waals surface area (Å²) >= 11 is 0. The average Bonchev–Trinajstić information content (AvgIpc) is 2.88. The van der Waals surface area contributed by atoms with E-state index in [4.69, 9.17) is 4.52 Å². The summed E-state index contributed by atoms with van der Waals surface area (Å²) in [5.41, 5.74) is 1.60. The highest BCUT2D eigenvalue weighted by Gasteiger charge is 2.25. The van der Waals surface area contributed by atoms with Crippen LogP contribution in [-0.2, 0) is 6.54 Å². The Morgan fingerprint density at radius 2 is 2.00 bits per heavy atom. The van der Waals surface area contributed by atoms with Crippen molar-refractivity contribution in [3.05, 3.63) is 35.5 Å². The van der Waals surface area contributed by atoms with Crippen LogP contribution < -0.4 is 4.68 Å². The Morgan fingerprint density at radius 3 is 2.70 bits per heavy atom. The van der Waals surface area contributed by atoms with E-state index in [-0.39, 0.29) is 5.88 Å². The second-order valence-electron chi connectivity index (χ2n) is 4.56. The van der Waals surface area contributed by atoms with Gasteiger partial charge in [0.2, 0.25) is 5.27 Å². The zero-order valence-corrected chi connectivity index (χ0v) is 11.5. The van der Waals surface area contributed by atoms with Gasteiger partial charge in [0.15, 0.2) is 6.54 Å². The number of hydrogen-bond donors (Lipinski definition) is 0. The van der Waals surface area contributed by atoms with Crippen molar-refractivity contribution in [3.63, 3.8) is 0 Å². The van der Waals surface area contributed by atoms with Crippen molar-refractivity contribution in [2.75, 3.05) is 0 Å². The summed E-state index contributed by atoms with van der Waals surface area (Å²) in [5, 5.41) is 20.3. The summed E-state index contributed by atoms with van der Waals surface area (Å²) in [7, 11) is 0. The van der Waals surface area contributed by atoms with Crippen molar-refractivity contribution >= 4 is 5.88 Å². The molecule has 0 N–H and O–H groups in total. The third-order valence-corrected chi connectivity index (χ3v) is 3.09. The monoisotopic (exact) mass is 274 g/mol. The molecule has 0 fully saturated rings. The summed E-state index contributed by atoms with van der Waals surface area (Å²) in [6.07, 6.45) is 4.54. The van der Waals surface area contributed by atoms with Gasteiger partial charge in [-0.05, 0) is 23.2 Å². The Morgan fingerprint density at radius 1 is 1.20 bits per heavy atom. The van der Waals surface area contributed by atoms with Gasteiger partial charge < -0.3 is 5.21 Å². The topological polar surface area (TPSA) is 77.7 Å². The maximum Gasteiger partial charge on any atom is 0.347 e. The molecule has 1 heterocycles. The van der Waals surface area contributed by atoms with Crippen LogP contribution in [0.15, 0.2) is 45.2 Å². The van der Waals surface area contributed by atoms with Gasteiger partial charge in [0.25, 0.3) is 0 Å². The molecule has 0 saturated heterocycles. The zero-order chi connectivity index (χ0) is 14.2. The molecule has 6 nitrogen and oxygen atoms in total. The van der Waals surface area contributed by atoms with Crippen LogP contribution in [0.1, 0.15) is 32.6 Å². The molecule has 0 saturated carbocycles. The van der Waals surface area contributed by atoms with Crippen molar-refractivity contribution in [2.24, 2.45) is 10.4 Å². The van der Waals surface area contributed by atoms with Gasteiger partial charge in [-0.2, -0.15) is 0 Å². The normalized spacial score (nSPS) is 11.2. The summed E-state index contributed by atoms with van der Waals surface area (Å²) in [5.74, 6) is 0.154. The molecule has 6 heteroatoms. The third kappa shape index (κ3) is 3.40. The van der Waals surface area contributed by atoms with Crippen LogP contribution in [0.5, 0.6) is 0 Å². The largest absolute Gasteiger partial charge is 0.775 e. The predicted octanol–water partition coefficient (Wildman–Crippen LogP) is 3.79. The third-order valence-electron chi connectivity index (χ3n) is 3.09. The van der Waals surface area contributed by atoms with Crippen molar-refractivity contribution in [2.45, 2.75) is 39.2 Å². The fourth-order valence-corrected chi connectivity index (χ4v) is 2.09. The fraction of sp³-hybridized carbons (Fsp3) is 0.429. The minimum absolute atomic E-state index is 0.154. The molecule has 20 heavy (non-hydrogen) atoms. The van der Waals surface area contributed by atoms with E-state index in [9.17, 15) is 5.21 Å². The maximum atomic E-state index is 10.4. The summed E-state index contributed by atoms with van der Waals surface area (Å²) in [6.45, 7) is 2.91. The van der Waals surface area contributed by atoms with Crippen LogP contribution in [0.2, 0.25) is 0 Å². The van der Waals surface area contributed by atoms with E-state index in [1.807, 2.05) is 30.3 Å². The minimum Gasteiger partial charge on any atom is -0.775 e. The molecule has 0 aliphatic heterocycles. The number of unbranched alkanes of at least 4 members (excludes halogenated alkanes) is 3. The van der Waals surface area contributed by atoms with E-state index in [0.29, 0.717) is 5.69 Å². The molecule has 0 aliphatic carbocycles. The van der Waals surface area contributed by atoms with Gasteiger partial charge in [0.1, 0.15) is 0 Å². The molecule has 0 unspecified atom stereocenters. The van der Waals surface area contributed by atoms with Crippen LogP contribution in [0.25, 0.3) is 11.3 Å². The van der Waals surface area contributed by atoms with Gasteiger partial charge in [-0.3, -0.25) is 4.52 Å². The predicted molar refractivity (Wildman–Crippen MR) is 74.2 cm³/mol. The fourth-order valence-electron chi connectivity index (χ4n) is 2.09. The molecule has 0 atom stereocenters. The Bertz CT molecular complexity index is 552. The Balaban J connectivity index is 2.24. The van der Waals surface area contributed by atoms with Crippen LogP contribution in [-0.4, -0.2) is 5.27 Å². The first-order valence-electron chi connectivity index (χ1n) is 6.85. The lowest BCUT2D eigenvalue weighted by Crippen LogP contribution is -2.37. The standard InChI is InChI=1S/C14H18N4O2/c1-2-3-4-8-11-18-13(12-9-6-5-7-10-12)14(15-16-19)20-17-18/h5-7,9-10H,2-4,8,11H2,1H3. The van der Waals surface area contributed by atoms with Crippen LogP contribution in [0.4, 0.5) is 5.88 Å². The molecule has 1 aromatic carbocycles. The molecular formula is C14H18N4O2. The maximum absolute atomic E-state index is 10.4. The first kappa shape index (κ1) is 14.2. The molecule has 2 aromatic rings. The van der Waals surface area contributed by atoms with E-state index in [1.165, 1.54) is 12.8 Å². The van der Waals surface area contributed by atoms with E-state index < -0.39 is 0 Å². The van der Waals surface area contributed by atoms with Gasteiger partial charge in [0.05, 0.1) is 5.56 Å². The van der Waals surface area contributed by atoms with Gasteiger partial charge in [-0.1, -0.05) is 38.0 Å². The van der Waals surface area contributed by atoms with Gasteiger partial charge >= 0.3 is 11.6 Å². The number of aromatic nitrogens is 2. The number of nitrogens with zero attached hydrogens (tertiary/aromatic N) is 4. The van der Waals surface area contributed by atoms with E-state index in [0.717, 1.165) is 24.9 Å². The van der Waals surface area contributed by atoms with Crippen molar-refractivity contribution in [1.82, 2.24) is 5.27 Å². The van der Waals surface area contributed by atoms with E-state index in [2.05, 4.69) is 22.6 Å². The average molecular weight is 274 g/mol. The summed E-state index contributed by atoms with van der Waals surface area (Å²) in [6, 6.07) is 9.62. The zero-order valence-electron chi connectivity index (χ0n) is 11.5. The lowest BCUT2D eigenvalue weighted by atomic mass is 10.1. The lowest BCUT2D eigenvalue weighted by Gasteiger charge is -1.96. The second kappa shape index (κ2) is 7.37. The molecule has 0 aliphatic rings.